The predicted octanol–water partition coefficient (Wildman–Crippen LogP) is 0.221. The number of amides is 1. The van der Waals surface area contributed by atoms with E-state index in [0.29, 0.717) is 5.69 Å². The normalized spacial score (nSPS) is 18.1. The topological polar surface area (TPSA) is 121 Å². The average Bonchev–Trinajstić information content (AvgIpc) is 2.83. The Morgan fingerprint density at radius 3 is 2.57 bits per heavy atom. The summed E-state index contributed by atoms with van der Waals surface area (Å²) in [5.74, 6) is -2.69. The monoisotopic (exact) mass is 292 g/mol. The van der Waals surface area contributed by atoms with Crippen molar-refractivity contribution in [1.29, 1.82) is 0 Å². The number of carbonyl (C=O) groups excluding carboxylic acids is 1. The summed E-state index contributed by atoms with van der Waals surface area (Å²) >= 11 is 0. The van der Waals surface area contributed by atoms with Gasteiger partial charge in [0.15, 0.2) is 0 Å². The van der Waals surface area contributed by atoms with Gasteiger partial charge in [0.2, 0.25) is 5.91 Å². The van der Waals surface area contributed by atoms with E-state index in [-0.39, 0.29) is 19.3 Å². The lowest BCUT2D eigenvalue weighted by Crippen LogP contribution is -2.43. The molecule has 1 amide bonds. The maximum Gasteiger partial charge on any atom is 0.327 e. The van der Waals surface area contributed by atoms with Crippen LogP contribution in [0.3, 0.4) is 0 Å². The first-order chi connectivity index (χ1) is 9.91. The van der Waals surface area contributed by atoms with Gasteiger partial charge in [-0.1, -0.05) is 18.2 Å². The smallest absolute Gasteiger partial charge is 0.327 e. The summed E-state index contributed by atoms with van der Waals surface area (Å²) in [4.78, 5) is 35.5. The third-order valence-corrected chi connectivity index (χ3v) is 3.52. The fourth-order valence-electron chi connectivity index (χ4n) is 2.41. The van der Waals surface area contributed by atoms with E-state index in [1.54, 1.807) is 24.3 Å². The zero-order chi connectivity index (χ0) is 15.6. The van der Waals surface area contributed by atoms with Gasteiger partial charge in [-0.25, -0.2) is 4.79 Å². The minimum absolute atomic E-state index is 0.0286. The molecular formula is C14H16N2O5. The molecule has 1 aromatic carbocycles. The standard InChI is InChI=1S/C14H16N2O5/c15-9(13(18)19)5-6-12(17)16-10-4-2-1-3-8(10)7-11(16)14(20)21/h1-4,9,11H,5-7,15H2,(H,18,19)(H,20,21)/t9-,11+/m1/s1. The van der Waals surface area contributed by atoms with Gasteiger partial charge in [0.1, 0.15) is 12.1 Å². The van der Waals surface area contributed by atoms with Crippen molar-refractivity contribution in [3.8, 4) is 0 Å². The second-order valence-corrected chi connectivity index (χ2v) is 4.93. The summed E-state index contributed by atoms with van der Waals surface area (Å²) in [7, 11) is 0. The van der Waals surface area contributed by atoms with Crippen LogP contribution in [0.2, 0.25) is 0 Å². The number of carboxylic acid groups (broad SMARTS) is 2. The van der Waals surface area contributed by atoms with Crippen molar-refractivity contribution < 1.29 is 24.6 Å². The molecule has 0 radical (unpaired) electrons. The second kappa shape index (κ2) is 5.92. The lowest BCUT2D eigenvalue weighted by atomic mass is 10.1. The quantitative estimate of drug-likeness (QED) is 0.714. The van der Waals surface area contributed by atoms with Crippen molar-refractivity contribution in [2.45, 2.75) is 31.3 Å². The van der Waals surface area contributed by atoms with Crippen LogP contribution in [0.4, 0.5) is 5.69 Å². The van der Waals surface area contributed by atoms with Crippen LogP contribution in [0.5, 0.6) is 0 Å². The van der Waals surface area contributed by atoms with Crippen LogP contribution in [-0.4, -0.2) is 40.1 Å². The lowest BCUT2D eigenvalue weighted by Gasteiger charge is -2.23. The molecule has 2 atom stereocenters. The number of carbonyl (C=O) groups is 3. The minimum atomic E-state index is -1.18. The van der Waals surface area contributed by atoms with Gasteiger partial charge >= 0.3 is 11.9 Å². The lowest BCUT2D eigenvalue weighted by molar-refractivity contribution is -0.140. The predicted molar refractivity (Wildman–Crippen MR) is 73.9 cm³/mol. The highest BCUT2D eigenvalue weighted by atomic mass is 16.4. The molecule has 0 fully saturated rings. The first kappa shape index (κ1) is 15.0. The van der Waals surface area contributed by atoms with E-state index < -0.39 is 29.9 Å². The summed E-state index contributed by atoms with van der Waals surface area (Å²) in [5.41, 5.74) is 6.73. The van der Waals surface area contributed by atoms with Crippen LogP contribution in [0.1, 0.15) is 18.4 Å². The van der Waals surface area contributed by atoms with Crippen molar-refractivity contribution >= 4 is 23.5 Å². The van der Waals surface area contributed by atoms with Crippen molar-refractivity contribution in [3.05, 3.63) is 29.8 Å². The number of para-hydroxylation sites is 1. The number of anilines is 1. The maximum absolute atomic E-state index is 12.3. The van der Waals surface area contributed by atoms with Crippen LogP contribution in [0.15, 0.2) is 24.3 Å². The Balaban J connectivity index is 2.17. The Hall–Kier alpha value is -2.41. The van der Waals surface area contributed by atoms with Crippen LogP contribution in [0.25, 0.3) is 0 Å². The molecule has 7 heteroatoms. The third kappa shape index (κ3) is 3.03. The molecule has 1 aromatic rings. The number of aliphatic carboxylic acids is 2. The molecule has 7 nitrogen and oxygen atoms in total. The molecule has 21 heavy (non-hydrogen) atoms. The summed E-state index contributed by atoms with van der Waals surface area (Å²) in [6.45, 7) is 0. The molecule has 1 aliphatic heterocycles. The molecule has 0 aromatic heterocycles. The number of nitrogens with zero attached hydrogens (tertiary/aromatic N) is 1. The fourth-order valence-corrected chi connectivity index (χ4v) is 2.41. The Morgan fingerprint density at radius 1 is 1.29 bits per heavy atom. The van der Waals surface area contributed by atoms with Gasteiger partial charge in [0, 0.05) is 18.5 Å². The summed E-state index contributed by atoms with van der Waals surface area (Å²) in [5, 5.41) is 18.0. The van der Waals surface area contributed by atoms with Gasteiger partial charge in [-0.2, -0.15) is 0 Å². The molecule has 1 aliphatic rings. The highest BCUT2D eigenvalue weighted by Crippen LogP contribution is 2.32. The molecule has 0 saturated carbocycles. The van der Waals surface area contributed by atoms with E-state index in [2.05, 4.69) is 0 Å². The van der Waals surface area contributed by atoms with Crippen LogP contribution < -0.4 is 10.6 Å². The Bertz CT molecular complexity index is 586. The Kier molecular flexibility index (Phi) is 4.23. The fraction of sp³-hybridized carbons (Fsp3) is 0.357. The SMILES string of the molecule is N[C@H](CCC(=O)N1c2ccccc2C[C@H]1C(=O)O)C(=O)O. The van der Waals surface area contributed by atoms with E-state index in [0.717, 1.165) is 5.56 Å². The first-order valence-electron chi connectivity index (χ1n) is 6.53. The third-order valence-electron chi connectivity index (χ3n) is 3.52. The molecular weight excluding hydrogens is 276 g/mol. The van der Waals surface area contributed by atoms with Crippen molar-refractivity contribution in [2.75, 3.05) is 4.90 Å². The number of benzene rings is 1. The summed E-state index contributed by atoms with van der Waals surface area (Å²) < 4.78 is 0. The van der Waals surface area contributed by atoms with Crippen molar-refractivity contribution in [3.63, 3.8) is 0 Å². The largest absolute Gasteiger partial charge is 0.480 e. The molecule has 1 heterocycles. The van der Waals surface area contributed by atoms with Gasteiger partial charge in [0.25, 0.3) is 0 Å². The first-order valence-corrected chi connectivity index (χ1v) is 6.53. The van der Waals surface area contributed by atoms with Crippen LogP contribution >= 0.6 is 0 Å². The Labute approximate surface area is 121 Å². The van der Waals surface area contributed by atoms with Gasteiger partial charge < -0.3 is 15.9 Å². The zero-order valence-corrected chi connectivity index (χ0v) is 11.2. The van der Waals surface area contributed by atoms with Gasteiger partial charge in [-0.15, -0.1) is 0 Å². The molecule has 2 rings (SSSR count). The highest BCUT2D eigenvalue weighted by Gasteiger charge is 2.38. The van der Waals surface area contributed by atoms with E-state index in [4.69, 9.17) is 10.8 Å². The summed E-state index contributed by atoms with van der Waals surface area (Å²) in [6, 6.07) is 4.90. The molecule has 0 aliphatic carbocycles. The van der Waals surface area contributed by atoms with Gasteiger partial charge in [0.05, 0.1) is 0 Å². The second-order valence-electron chi connectivity index (χ2n) is 4.93. The van der Waals surface area contributed by atoms with E-state index in [9.17, 15) is 19.5 Å². The van der Waals surface area contributed by atoms with Crippen molar-refractivity contribution in [2.24, 2.45) is 5.73 Å². The number of hydrogen-bond donors (Lipinski definition) is 3. The Morgan fingerprint density at radius 2 is 1.95 bits per heavy atom. The van der Waals surface area contributed by atoms with E-state index in [1.807, 2.05) is 0 Å². The van der Waals surface area contributed by atoms with Gasteiger partial charge in [-0.3, -0.25) is 14.5 Å². The number of rotatable bonds is 5. The summed E-state index contributed by atoms with van der Waals surface area (Å²) in [6.07, 6.45) is 0.118. The molecule has 112 valence electrons. The number of carboxylic acids is 2. The number of fused-ring (bicyclic) bond motifs is 1. The minimum Gasteiger partial charge on any atom is -0.480 e. The molecule has 0 saturated heterocycles. The molecule has 0 unspecified atom stereocenters. The van der Waals surface area contributed by atoms with E-state index >= 15 is 0 Å². The highest BCUT2D eigenvalue weighted by molar-refractivity contribution is 6.02. The maximum atomic E-state index is 12.3. The van der Waals surface area contributed by atoms with Crippen LogP contribution in [-0.2, 0) is 20.8 Å². The number of nitrogens with two attached hydrogens (primary N) is 1. The van der Waals surface area contributed by atoms with E-state index in [1.165, 1.54) is 4.90 Å². The molecule has 0 bridgehead atoms. The van der Waals surface area contributed by atoms with Crippen molar-refractivity contribution in [1.82, 2.24) is 0 Å². The van der Waals surface area contributed by atoms with Crippen LogP contribution in [0, 0.1) is 0 Å². The molecule has 4 N–H and O–H groups in total. The average molecular weight is 292 g/mol. The number of hydrogen-bond acceptors (Lipinski definition) is 4. The van der Waals surface area contributed by atoms with Gasteiger partial charge in [-0.05, 0) is 18.1 Å². The zero-order valence-electron chi connectivity index (χ0n) is 11.2. The molecule has 0 spiro atoms.